The fourth-order valence-electron chi connectivity index (χ4n) is 2.43. The molecule has 128 valence electrons. The molecular weight excluding hydrogens is 330 g/mol. The first kappa shape index (κ1) is 16.9. The highest BCUT2D eigenvalue weighted by atomic mass is 16.1. The van der Waals surface area contributed by atoms with Crippen molar-refractivity contribution in [1.29, 1.82) is 10.7 Å². The Balaban J connectivity index is 1.87. The zero-order chi connectivity index (χ0) is 18.7. The van der Waals surface area contributed by atoms with Gasteiger partial charge in [-0.1, -0.05) is 0 Å². The van der Waals surface area contributed by atoms with Gasteiger partial charge in [0.25, 0.3) is 5.91 Å². The lowest BCUT2D eigenvalue weighted by Crippen LogP contribution is -2.17. The van der Waals surface area contributed by atoms with Crippen molar-refractivity contribution in [2.45, 2.75) is 6.92 Å². The number of carbonyl (C=O) groups is 1. The third kappa shape index (κ3) is 3.27. The summed E-state index contributed by atoms with van der Waals surface area (Å²) in [5.74, 6) is -0.263. The number of nitrogens with two attached hydrogens (primary N) is 1. The number of nitrogens with one attached hydrogen (secondary N) is 2. The highest BCUT2D eigenvalue weighted by molar-refractivity contribution is 6.06. The Labute approximate surface area is 149 Å². The van der Waals surface area contributed by atoms with E-state index in [1.165, 1.54) is 17.1 Å². The van der Waals surface area contributed by atoms with Crippen molar-refractivity contribution in [3.63, 3.8) is 0 Å². The minimum atomic E-state index is -0.406. The summed E-state index contributed by atoms with van der Waals surface area (Å²) in [6.07, 6.45) is 6.05. The molecule has 3 aromatic rings. The smallest absolute Gasteiger partial charge is 0.274 e. The predicted octanol–water partition coefficient (Wildman–Crippen LogP) is 2.17. The van der Waals surface area contributed by atoms with Gasteiger partial charge in [0.1, 0.15) is 23.9 Å². The number of aryl methyl sites for hydroxylation is 1. The molecule has 0 atom stereocenters. The van der Waals surface area contributed by atoms with Gasteiger partial charge in [0.2, 0.25) is 0 Å². The van der Waals surface area contributed by atoms with Crippen LogP contribution in [-0.4, -0.2) is 26.3 Å². The van der Waals surface area contributed by atoms with Crippen LogP contribution in [0.15, 0.2) is 49.2 Å². The summed E-state index contributed by atoms with van der Waals surface area (Å²) < 4.78 is 1.52. The van der Waals surface area contributed by atoms with Crippen LogP contribution >= 0.6 is 0 Å². The molecule has 0 aliphatic rings. The Morgan fingerprint density at radius 1 is 1.38 bits per heavy atom. The van der Waals surface area contributed by atoms with Crippen molar-refractivity contribution >= 4 is 23.1 Å². The molecular formula is C18H15N7O. The number of nitrogens with zero attached hydrogens (tertiary/aromatic N) is 4. The average Bonchev–Trinajstić information content (AvgIpc) is 3.17. The number of carbonyl (C=O) groups excluding carboxylic acids is 1. The van der Waals surface area contributed by atoms with Crippen LogP contribution in [0.4, 0.5) is 11.4 Å². The number of hydrogen-bond donors (Lipinski definition) is 3. The number of rotatable bonds is 3. The van der Waals surface area contributed by atoms with Gasteiger partial charge in [-0.3, -0.25) is 14.8 Å². The van der Waals surface area contributed by atoms with Gasteiger partial charge < -0.3 is 11.1 Å². The monoisotopic (exact) mass is 345 g/mol. The predicted molar refractivity (Wildman–Crippen MR) is 97.0 cm³/mol. The van der Waals surface area contributed by atoms with Gasteiger partial charge in [-0.2, -0.15) is 5.26 Å². The van der Waals surface area contributed by atoms with Crippen molar-refractivity contribution in [2.75, 3.05) is 11.1 Å². The number of imidazole rings is 1. The Morgan fingerprint density at radius 2 is 2.19 bits per heavy atom. The van der Waals surface area contributed by atoms with Crippen molar-refractivity contribution in [1.82, 2.24) is 14.5 Å². The molecule has 0 saturated heterocycles. The van der Waals surface area contributed by atoms with Crippen LogP contribution in [0.5, 0.6) is 0 Å². The first-order chi connectivity index (χ1) is 12.5. The summed E-state index contributed by atoms with van der Waals surface area (Å²) in [7, 11) is 0. The van der Waals surface area contributed by atoms with Gasteiger partial charge in [0, 0.05) is 35.5 Å². The molecule has 2 aromatic heterocycles. The van der Waals surface area contributed by atoms with Crippen LogP contribution in [-0.2, 0) is 0 Å². The van der Waals surface area contributed by atoms with Crippen LogP contribution in [0.3, 0.4) is 0 Å². The van der Waals surface area contributed by atoms with E-state index in [1.807, 2.05) is 6.07 Å². The minimum Gasteiger partial charge on any atom is -0.398 e. The van der Waals surface area contributed by atoms with Crippen LogP contribution in [0.1, 0.15) is 27.2 Å². The number of pyridine rings is 1. The normalized spacial score (nSPS) is 10.2. The fourth-order valence-corrected chi connectivity index (χ4v) is 2.43. The van der Waals surface area contributed by atoms with Crippen LogP contribution in [0, 0.1) is 23.7 Å². The molecule has 0 radical (unpaired) electrons. The molecule has 1 aromatic carbocycles. The average molecular weight is 345 g/mol. The number of aromatic nitrogens is 3. The number of anilines is 2. The number of nitrogen functional groups attached to an aromatic ring is 1. The second kappa shape index (κ2) is 6.86. The van der Waals surface area contributed by atoms with E-state index in [0.29, 0.717) is 28.1 Å². The van der Waals surface area contributed by atoms with Gasteiger partial charge in [0.15, 0.2) is 0 Å². The summed E-state index contributed by atoms with van der Waals surface area (Å²) >= 11 is 0. The van der Waals surface area contributed by atoms with E-state index >= 15 is 0 Å². The molecule has 0 bridgehead atoms. The standard InChI is InChI=1S/C18H15N7O/c1-11-6-12(8-19)9-23-16(11)18(26)24-13-2-3-15(20)14(7-13)17(21)25-5-4-22-10-25/h2-7,9-10,21H,20H2,1H3,(H,24,26). The third-order valence-electron chi connectivity index (χ3n) is 3.75. The number of amides is 1. The van der Waals surface area contributed by atoms with Crippen LogP contribution in [0.25, 0.3) is 0 Å². The fraction of sp³-hybridized carbons (Fsp3) is 0.0556. The highest BCUT2D eigenvalue weighted by Crippen LogP contribution is 2.20. The Hall–Kier alpha value is -3.99. The van der Waals surface area contributed by atoms with Gasteiger partial charge in [0.05, 0.1) is 5.56 Å². The van der Waals surface area contributed by atoms with E-state index in [-0.39, 0.29) is 11.5 Å². The summed E-state index contributed by atoms with van der Waals surface area (Å²) in [6.45, 7) is 1.71. The molecule has 4 N–H and O–H groups in total. The molecule has 0 aliphatic heterocycles. The molecule has 3 rings (SSSR count). The van der Waals surface area contributed by atoms with Gasteiger partial charge in [-0.15, -0.1) is 0 Å². The Bertz CT molecular complexity index is 1030. The lowest BCUT2D eigenvalue weighted by Gasteiger charge is -2.12. The number of nitriles is 1. The molecule has 1 amide bonds. The lowest BCUT2D eigenvalue weighted by molar-refractivity contribution is 0.102. The Morgan fingerprint density at radius 3 is 2.85 bits per heavy atom. The molecule has 8 heteroatoms. The van der Waals surface area contributed by atoms with Crippen molar-refractivity contribution < 1.29 is 4.79 Å². The van der Waals surface area contributed by atoms with Crippen LogP contribution < -0.4 is 11.1 Å². The Kier molecular flexibility index (Phi) is 4.45. The largest absolute Gasteiger partial charge is 0.398 e. The SMILES string of the molecule is Cc1cc(C#N)cnc1C(=O)Nc1ccc(N)c(C(=N)n2ccnc2)c1. The molecule has 0 fully saturated rings. The van der Waals surface area contributed by atoms with E-state index < -0.39 is 5.91 Å². The van der Waals surface area contributed by atoms with Gasteiger partial charge in [-0.25, -0.2) is 9.97 Å². The second-order valence-electron chi connectivity index (χ2n) is 5.58. The highest BCUT2D eigenvalue weighted by Gasteiger charge is 2.14. The molecule has 0 spiro atoms. The quantitative estimate of drug-likeness (QED) is 0.380. The zero-order valence-corrected chi connectivity index (χ0v) is 13.9. The van der Waals surface area contributed by atoms with E-state index in [9.17, 15) is 4.79 Å². The molecule has 8 nitrogen and oxygen atoms in total. The van der Waals surface area contributed by atoms with Crippen molar-refractivity contribution in [2.24, 2.45) is 0 Å². The van der Waals surface area contributed by atoms with Crippen molar-refractivity contribution in [3.8, 4) is 6.07 Å². The first-order valence-corrected chi connectivity index (χ1v) is 7.64. The van der Waals surface area contributed by atoms with E-state index in [1.54, 1.807) is 43.6 Å². The summed E-state index contributed by atoms with van der Waals surface area (Å²) in [5.41, 5.74) is 8.54. The van der Waals surface area contributed by atoms with E-state index in [2.05, 4.69) is 15.3 Å². The number of hydrogen-bond acceptors (Lipinski definition) is 6. The number of benzene rings is 1. The van der Waals surface area contributed by atoms with Crippen molar-refractivity contribution in [3.05, 3.63) is 71.6 Å². The molecule has 0 unspecified atom stereocenters. The third-order valence-corrected chi connectivity index (χ3v) is 3.75. The maximum Gasteiger partial charge on any atom is 0.274 e. The minimum absolute atomic E-state index is 0.142. The summed E-state index contributed by atoms with van der Waals surface area (Å²) in [6, 6.07) is 8.48. The van der Waals surface area contributed by atoms with Gasteiger partial charge in [-0.05, 0) is 36.8 Å². The molecule has 26 heavy (non-hydrogen) atoms. The first-order valence-electron chi connectivity index (χ1n) is 7.64. The lowest BCUT2D eigenvalue weighted by atomic mass is 10.1. The maximum atomic E-state index is 12.5. The van der Waals surface area contributed by atoms with E-state index in [0.717, 1.165) is 0 Å². The topological polar surface area (TPSA) is 133 Å². The summed E-state index contributed by atoms with van der Waals surface area (Å²) in [4.78, 5) is 20.4. The molecule has 2 heterocycles. The molecule has 0 saturated carbocycles. The molecule has 0 aliphatic carbocycles. The van der Waals surface area contributed by atoms with E-state index in [4.69, 9.17) is 16.4 Å². The zero-order valence-electron chi connectivity index (χ0n) is 13.9. The maximum absolute atomic E-state index is 12.5. The second-order valence-corrected chi connectivity index (χ2v) is 5.58. The summed E-state index contributed by atoms with van der Waals surface area (Å²) in [5, 5.41) is 19.9. The van der Waals surface area contributed by atoms with Gasteiger partial charge >= 0.3 is 0 Å². The van der Waals surface area contributed by atoms with Crippen LogP contribution in [0.2, 0.25) is 0 Å².